The van der Waals surface area contributed by atoms with Crippen LogP contribution < -0.4 is 10.6 Å². The molecule has 2 aromatic rings. The number of benzene rings is 2. The van der Waals surface area contributed by atoms with E-state index < -0.39 is 0 Å². The van der Waals surface area contributed by atoms with Crippen molar-refractivity contribution in [1.82, 2.24) is 0 Å². The lowest BCUT2D eigenvalue weighted by Crippen LogP contribution is -2.13. The van der Waals surface area contributed by atoms with E-state index in [0.29, 0.717) is 0 Å². The number of rotatable bonds is 19. The second-order valence-electron chi connectivity index (χ2n) is 9.13. The second kappa shape index (κ2) is 18.4. The van der Waals surface area contributed by atoms with Crippen LogP contribution in [0.4, 0.5) is 0 Å². The molecule has 0 aliphatic rings. The van der Waals surface area contributed by atoms with E-state index in [9.17, 15) is 0 Å². The van der Waals surface area contributed by atoms with Gasteiger partial charge in [-0.05, 0) is 31.1 Å². The second-order valence-corrected chi connectivity index (χ2v) is 11.5. The molecule has 0 nitrogen and oxygen atoms in total. The van der Waals surface area contributed by atoms with Crippen molar-refractivity contribution in [3.05, 3.63) is 60.7 Å². The molecule has 0 saturated carbocycles. The van der Waals surface area contributed by atoms with Crippen molar-refractivity contribution in [1.29, 1.82) is 0 Å². The van der Waals surface area contributed by atoms with Crippen molar-refractivity contribution in [3.8, 4) is 0 Å². The predicted octanol–water partition coefficient (Wildman–Crippen LogP) is 9.38. The normalized spacial score (nSPS) is 11.3. The molecule has 0 bridgehead atoms. The van der Waals surface area contributed by atoms with Crippen molar-refractivity contribution in [2.24, 2.45) is 0 Å². The predicted molar refractivity (Wildman–Crippen MR) is 143 cm³/mol. The van der Waals surface area contributed by atoms with Crippen molar-refractivity contribution < 1.29 is 0 Å². The largest absolute Gasteiger partial charge is 0.0654 e. The van der Waals surface area contributed by atoms with Crippen LogP contribution in [0.25, 0.3) is 0 Å². The average Bonchev–Trinajstić information content (AvgIpc) is 2.82. The van der Waals surface area contributed by atoms with Gasteiger partial charge in [0, 0.05) is 0 Å². The lowest BCUT2D eigenvalue weighted by Gasteiger charge is -2.18. The maximum Gasteiger partial charge on any atom is -0.0195 e. The van der Waals surface area contributed by atoms with Gasteiger partial charge in [0.05, 0.1) is 0 Å². The average molecular weight is 439 g/mol. The topological polar surface area (TPSA) is 0 Å². The Kier molecular flexibility index (Phi) is 15.5. The van der Waals surface area contributed by atoms with Crippen LogP contribution >= 0.6 is 7.92 Å². The van der Waals surface area contributed by atoms with Crippen LogP contribution in [0.15, 0.2) is 60.7 Å². The molecule has 0 heterocycles. The number of hydrogen-bond donors (Lipinski definition) is 0. The van der Waals surface area contributed by atoms with Gasteiger partial charge in [0.15, 0.2) is 0 Å². The van der Waals surface area contributed by atoms with E-state index >= 15 is 0 Å². The fourth-order valence-corrected chi connectivity index (χ4v) is 6.86. The van der Waals surface area contributed by atoms with Gasteiger partial charge in [-0.1, -0.05) is 164 Å². The van der Waals surface area contributed by atoms with Crippen LogP contribution in [0.5, 0.6) is 0 Å². The molecule has 0 atom stereocenters. The fraction of sp³-hybridized carbons (Fsp3) is 0.600. The molecular weight excluding hydrogens is 391 g/mol. The highest BCUT2D eigenvalue weighted by molar-refractivity contribution is 7.73. The zero-order valence-corrected chi connectivity index (χ0v) is 21.1. The van der Waals surface area contributed by atoms with E-state index in [1.54, 1.807) is 0 Å². The first-order valence-electron chi connectivity index (χ1n) is 13.3. The Bertz CT molecular complexity index is 582. The summed E-state index contributed by atoms with van der Waals surface area (Å²) in [5.41, 5.74) is 0. The highest BCUT2D eigenvalue weighted by Gasteiger charge is 2.12. The molecule has 0 aromatic heterocycles. The summed E-state index contributed by atoms with van der Waals surface area (Å²) < 4.78 is 0. The van der Waals surface area contributed by atoms with Gasteiger partial charge in [0.1, 0.15) is 0 Å². The number of unbranched alkanes of at least 4 members (excludes halogenated alkanes) is 15. The third kappa shape index (κ3) is 12.5. The Labute approximate surface area is 195 Å². The zero-order chi connectivity index (χ0) is 21.8. The van der Waals surface area contributed by atoms with Crippen LogP contribution in [-0.4, -0.2) is 6.16 Å². The molecule has 0 radical (unpaired) electrons. The standard InChI is InChI=1S/C30H47P/c1-2-3-4-5-6-7-8-9-10-11-12-13-14-15-16-23-28-31(29-24-19-17-20-25-29)30-26-21-18-22-27-30/h17-22,24-27H,2-16,23,28H2,1H3. The van der Waals surface area contributed by atoms with E-state index in [0.717, 1.165) is 0 Å². The maximum absolute atomic E-state index is 2.32. The van der Waals surface area contributed by atoms with Crippen molar-refractivity contribution in [3.63, 3.8) is 0 Å². The van der Waals surface area contributed by atoms with E-state index in [1.165, 1.54) is 120 Å². The van der Waals surface area contributed by atoms with Crippen molar-refractivity contribution in [2.45, 2.75) is 110 Å². The fourth-order valence-electron chi connectivity index (χ4n) is 4.44. The summed E-state index contributed by atoms with van der Waals surface area (Å²) >= 11 is 0. The van der Waals surface area contributed by atoms with Gasteiger partial charge in [-0.25, -0.2) is 0 Å². The third-order valence-corrected chi connectivity index (χ3v) is 8.98. The molecule has 0 aliphatic carbocycles. The lowest BCUT2D eigenvalue weighted by molar-refractivity contribution is 0.531. The molecule has 1 heteroatoms. The molecule has 31 heavy (non-hydrogen) atoms. The Morgan fingerprint density at radius 3 is 1.10 bits per heavy atom. The van der Waals surface area contributed by atoms with Gasteiger partial charge in [0.25, 0.3) is 0 Å². The van der Waals surface area contributed by atoms with Gasteiger partial charge in [-0.15, -0.1) is 0 Å². The maximum atomic E-state index is 2.32. The number of hydrogen-bond acceptors (Lipinski definition) is 0. The van der Waals surface area contributed by atoms with Crippen LogP contribution in [0.3, 0.4) is 0 Å². The van der Waals surface area contributed by atoms with Crippen LogP contribution in [0.2, 0.25) is 0 Å². The first-order valence-corrected chi connectivity index (χ1v) is 14.8. The van der Waals surface area contributed by atoms with E-state index in [1.807, 2.05) is 0 Å². The third-order valence-electron chi connectivity index (χ3n) is 6.37. The summed E-state index contributed by atoms with van der Waals surface area (Å²) in [5, 5.41) is 3.06. The van der Waals surface area contributed by atoms with Crippen LogP contribution in [-0.2, 0) is 0 Å². The Balaban J connectivity index is 1.46. The zero-order valence-electron chi connectivity index (χ0n) is 20.2. The van der Waals surface area contributed by atoms with Gasteiger partial charge >= 0.3 is 0 Å². The first-order chi connectivity index (χ1) is 15.4. The highest BCUT2D eigenvalue weighted by Crippen LogP contribution is 2.34. The monoisotopic (exact) mass is 438 g/mol. The SMILES string of the molecule is CCCCCCCCCCCCCCCCCCP(c1ccccc1)c1ccccc1. The first kappa shape index (κ1) is 26.1. The summed E-state index contributed by atoms with van der Waals surface area (Å²) in [4.78, 5) is 0. The van der Waals surface area contributed by atoms with E-state index in [2.05, 4.69) is 67.6 Å². The molecule has 0 fully saturated rings. The molecule has 2 rings (SSSR count). The summed E-state index contributed by atoms with van der Waals surface area (Å²) in [6, 6.07) is 22.4. The molecular formula is C30H47P. The highest BCUT2D eigenvalue weighted by atomic mass is 31.1. The minimum Gasteiger partial charge on any atom is -0.0654 e. The van der Waals surface area contributed by atoms with Gasteiger partial charge in [-0.3, -0.25) is 0 Å². The minimum atomic E-state index is -0.194. The Morgan fingerprint density at radius 2 is 0.742 bits per heavy atom. The molecule has 0 spiro atoms. The molecule has 0 N–H and O–H groups in total. The Morgan fingerprint density at radius 1 is 0.419 bits per heavy atom. The van der Waals surface area contributed by atoms with Crippen LogP contribution in [0, 0.1) is 0 Å². The summed E-state index contributed by atoms with van der Waals surface area (Å²) in [7, 11) is -0.194. The molecule has 2 aromatic carbocycles. The minimum absolute atomic E-state index is 0.194. The molecule has 0 saturated heterocycles. The smallest absolute Gasteiger partial charge is 0.0195 e. The lowest BCUT2D eigenvalue weighted by atomic mass is 10.0. The van der Waals surface area contributed by atoms with Gasteiger partial charge < -0.3 is 0 Å². The quantitative estimate of drug-likeness (QED) is 0.151. The van der Waals surface area contributed by atoms with E-state index in [4.69, 9.17) is 0 Å². The molecule has 0 aliphatic heterocycles. The van der Waals surface area contributed by atoms with Crippen LogP contribution in [0.1, 0.15) is 110 Å². The summed E-state index contributed by atoms with van der Waals surface area (Å²) in [5.74, 6) is 0. The van der Waals surface area contributed by atoms with E-state index in [-0.39, 0.29) is 7.92 Å². The summed E-state index contributed by atoms with van der Waals surface area (Å²) in [6.45, 7) is 2.30. The van der Waals surface area contributed by atoms with Gasteiger partial charge in [-0.2, -0.15) is 0 Å². The molecule has 172 valence electrons. The Hall–Kier alpha value is -1.13. The molecule has 0 unspecified atom stereocenters. The van der Waals surface area contributed by atoms with Crippen molar-refractivity contribution >= 4 is 18.5 Å². The summed E-state index contributed by atoms with van der Waals surface area (Å²) in [6.07, 6.45) is 24.4. The van der Waals surface area contributed by atoms with Crippen molar-refractivity contribution in [2.75, 3.05) is 6.16 Å². The molecule has 0 amide bonds. The van der Waals surface area contributed by atoms with Gasteiger partial charge in [0.2, 0.25) is 0 Å².